The van der Waals surface area contributed by atoms with Gasteiger partial charge in [0.05, 0.1) is 16.1 Å². The van der Waals surface area contributed by atoms with Crippen LogP contribution < -0.4 is 4.90 Å². The molecule has 0 unspecified atom stereocenters. The zero-order valence-electron chi connectivity index (χ0n) is 11.0. The van der Waals surface area contributed by atoms with E-state index in [-0.39, 0.29) is 11.5 Å². The normalized spacial score (nSPS) is 10.2. The van der Waals surface area contributed by atoms with E-state index in [0.717, 1.165) is 4.47 Å². The number of halogens is 2. The second-order valence-corrected chi connectivity index (χ2v) is 5.66. The van der Waals surface area contributed by atoms with Crippen LogP contribution in [0.3, 0.4) is 0 Å². The highest BCUT2D eigenvalue weighted by atomic mass is 79.9. The molecule has 108 valence electrons. The number of carbonyl (C=O) groups is 2. The SMILES string of the molecule is CN(C(=O)c1ccc(Br)cc1Cl)c1ccc(C(=O)O)cc1. The molecule has 0 fully saturated rings. The van der Waals surface area contributed by atoms with Gasteiger partial charge in [-0.15, -0.1) is 0 Å². The first-order valence-electron chi connectivity index (χ1n) is 5.96. The third-order valence-corrected chi connectivity index (χ3v) is 3.77. The molecular weight excluding hydrogens is 358 g/mol. The van der Waals surface area contributed by atoms with E-state index < -0.39 is 5.97 Å². The topological polar surface area (TPSA) is 57.6 Å². The van der Waals surface area contributed by atoms with Crippen LogP contribution in [0, 0.1) is 0 Å². The number of amides is 1. The molecule has 4 nitrogen and oxygen atoms in total. The summed E-state index contributed by atoms with van der Waals surface area (Å²) in [4.78, 5) is 24.6. The van der Waals surface area contributed by atoms with Crippen molar-refractivity contribution in [1.82, 2.24) is 0 Å². The number of nitrogens with zero attached hydrogens (tertiary/aromatic N) is 1. The van der Waals surface area contributed by atoms with Gasteiger partial charge in [0.1, 0.15) is 0 Å². The summed E-state index contributed by atoms with van der Waals surface area (Å²) < 4.78 is 0.789. The van der Waals surface area contributed by atoms with Crippen LogP contribution in [0.15, 0.2) is 46.9 Å². The molecule has 1 N–H and O–H groups in total. The van der Waals surface area contributed by atoms with Gasteiger partial charge in [0, 0.05) is 17.2 Å². The van der Waals surface area contributed by atoms with Crippen LogP contribution in [0.5, 0.6) is 0 Å². The Balaban J connectivity index is 2.28. The van der Waals surface area contributed by atoms with Gasteiger partial charge in [-0.25, -0.2) is 4.79 Å². The second kappa shape index (κ2) is 6.28. The molecule has 2 rings (SSSR count). The largest absolute Gasteiger partial charge is 0.478 e. The maximum atomic E-state index is 12.4. The summed E-state index contributed by atoms with van der Waals surface area (Å²) in [6.45, 7) is 0. The predicted octanol–water partition coefficient (Wildman–Crippen LogP) is 4.08. The number of carbonyl (C=O) groups excluding carboxylic acids is 1. The lowest BCUT2D eigenvalue weighted by Crippen LogP contribution is -2.26. The Hall–Kier alpha value is -1.85. The molecule has 0 atom stereocenters. The highest BCUT2D eigenvalue weighted by Crippen LogP contribution is 2.24. The zero-order chi connectivity index (χ0) is 15.6. The fraction of sp³-hybridized carbons (Fsp3) is 0.0667. The second-order valence-electron chi connectivity index (χ2n) is 4.34. The molecule has 0 bridgehead atoms. The molecule has 0 radical (unpaired) electrons. The molecule has 0 aromatic heterocycles. The summed E-state index contributed by atoms with van der Waals surface area (Å²) in [5.74, 6) is -1.28. The highest BCUT2D eigenvalue weighted by Gasteiger charge is 2.17. The first kappa shape index (κ1) is 15.5. The molecule has 6 heteroatoms. The lowest BCUT2D eigenvalue weighted by atomic mass is 10.1. The molecule has 0 spiro atoms. The van der Waals surface area contributed by atoms with E-state index in [2.05, 4.69) is 15.9 Å². The maximum Gasteiger partial charge on any atom is 0.335 e. The van der Waals surface area contributed by atoms with Gasteiger partial charge in [-0.1, -0.05) is 27.5 Å². The van der Waals surface area contributed by atoms with Crippen molar-refractivity contribution in [3.8, 4) is 0 Å². The Morgan fingerprint density at radius 3 is 2.29 bits per heavy atom. The molecule has 21 heavy (non-hydrogen) atoms. The van der Waals surface area contributed by atoms with Crippen LogP contribution in [0.2, 0.25) is 5.02 Å². The summed E-state index contributed by atoms with van der Waals surface area (Å²) in [7, 11) is 1.61. The van der Waals surface area contributed by atoms with Gasteiger partial charge >= 0.3 is 5.97 Å². The van der Waals surface area contributed by atoms with E-state index in [1.807, 2.05) is 0 Å². The minimum absolute atomic E-state index is 0.168. The van der Waals surface area contributed by atoms with Crippen LogP contribution in [-0.2, 0) is 0 Å². The van der Waals surface area contributed by atoms with E-state index in [4.69, 9.17) is 16.7 Å². The van der Waals surface area contributed by atoms with Crippen molar-refractivity contribution in [1.29, 1.82) is 0 Å². The van der Waals surface area contributed by atoms with Crippen molar-refractivity contribution in [2.24, 2.45) is 0 Å². The Labute approximate surface area is 135 Å². The van der Waals surface area contributed by atoms with Crippen LogP contribution in [0.1, 0.15) is 20.7 Å². The van der Waals surface area contributed by atoms with Gasteiger partial charge in [-0.2, -0.15) is 0 Å². The molecule has 0 aliphatic carbocycles. The predicted molar refractivity (Wildman–Crippen MR) is 85.3 cm³/mol. The first-order chi connectivity index (χ1) is 9.90. The summed E-state index contributed by atoms with van der Waals surface area (Å²) in [6, 6.07) is 11.1. The number of rotatable bonds is 3. The lowest BCUT2D eigenvalue weighted by Gasteiger charge is -2.18. The first-order valence-corrected chi connectivity index (χ1v) is 7.13. The smallest absolute Gasteiger partial charge is 0.335 e. The molecule has 0 saturated carbocycles. The maximum absolute atomic E-state index is 12.4. The summed E-state index contributed by atoms with van der Waals surface area (Å²) in [5.41, 5.74) is 1.13. The number of aromatic carboxylic acids is 1. The lowest BCUT2D eigenvalue weighted by molar-refractivity contribution is 0.0696. The molecule has 2 aromatic rings. The van der Waals surface area contributed by atoms with Crippen LogP contribution >= 0.6 is 27.5 Å². The number of carboxylic acid groups (broad SMARTS) is 1. The van der Waals surface area contributed by atoms with Crippen molar-refractivity contribution in [2.45, 2.75) is 0 Å². The number of carboxylic acids is 1. The fourth-order valence-electron chi connectivity index (χ4n) is 1.79. The quantitative estimate of drug-likeness (QED) is 0.888. The standard InChI is InChI=1S/C15H11BrClNO3/c1-18(11-5-2-9(3-6-11)15(20)21)14(19)12-7-4-10(16)8-13(12)17/h2-8H,1H3,(H,20,21). The average molecular weight is 369 g/mol. The van der Waals surface area contributed by atoms with E-state index >= 15 is 0 Å². The fourth-order valence-corrected chi connectivity index (χ4v) is 2.54. The third-order valence-electron chi connectivity index (χ3n) is 2.97. The molecule has 0 saturated heterocycles. The van der Waals surface area contributed by atoms with Crippen molar-refractivity contribution < 1.29 is 14.7 Å². The summed E-state index contributed by atoms with van der Waals surface area (Å²) >= 11 is 9.35. The summed E-state index contributed by atoms with van der Waals surface area (Å²) in [5, 5.41) is 9.21. The van der Waals surface area contributed by atoms with Crippen molar-refractivity contribution in [2.75, 3.05) is 11.9 Å². The van der Waals surface area contributed by atoms with Gasteiger partial charge in [0.2, 0.25) is 0 Å². The van der Waals surface area contributed by atoms with Crippen LogP contribution in [0.25, 0.3) is 0 Å². The Bertz CT molecular complexity index is 701. The minimum Gasteiger partial charge on any atom is -0.478 e. The van der Waals surface area contributed by atoms with Gasteiger partial charge in [0.25, 0.3) is 5.91 Å². The van der Waals surface area contributed by atoms with E-state index in [1.54, 1.807) is 37.4 Å². The van der Waals surface area contributed by atoms with Crippen LogP contribution in [-0.4, -0.2) is 24.0 Å². The zero-order valence-corrected chi connectivity index (χ0v) is 13.4. The van der Waals surface area contributed by atoms with Gasteiger partial charge in [-0.05, 0) is 42.5 Å². The van der Waals surface area contributed by atoms with Crippen molar-refractivity contribution in [3.05, 3.63) is 63.1 Å². The van der Waals surface area contributed by atoms with Crippen LogP contribution in [0.4, 0.5) is 5.69 Å². The van der Waals surface area contributed by atoms with E-state index in [0.29, 0.717) is 16.3 Å². The molecule has 0 aliphatic heterocycles. The van der Waals surface area contributed by atoms with E-state index in [1.165, 1.54) is 17.0 Å². The molecule has 1 amide bonds. The molecular formula is C15H11BrClNO3. The minimum atomic E-state index is -1.01. The number of hydrogen-bond acceptors (Lipinski definition) is 2. The number of hydrogen-bond donors (Lipinski definition) is 1. The third kappa shape index (κ3) is 3.43. The average Bonchev–Trinajstić information content (AvgIpc) is 2.46. The Kier molecular flexibility index (Phi) is 4.65. The van der Waals surface area contributed by atoms with Crippen molar-refractivity contribution >= 4 is 45.1 Å². The number of anilines is 1. The Morgan fingerprint density at radius 2 is 1.76 bits per heavy atom. The highest BCUT2D eigenvalue weighted by molar-refractivity contribution is 9.10. The van der Waals surface area contributed by atoms with Gasteiger partial charge in [0.15, 0.2) is 0 Å². The monoisotopic (exact) mass is 367 g/mol. The number of benzene rings is 2. The van der Waals surface area contributed by atoms with E-state index in [9.17, 15) is 9.59 Å². The molecule has 2 aromatic carbocycles. The van der Waals surface area contributed by atoms with Crippen molar-refractivity contribution in [3.63, 3.8) is 0 Å². The molecule has 0 heterocycles. The van der Waals surface area contributed by atoms with Gasteiger partial charge in [-0.3, -0.25) is 4.79 Å². The van der Waals surface area contributed by atoms with Gasteiger partial charge < -0.3 is 10.0 Å². The molecule has 0 aliphatic rings. The Morgan fingerprint density at radius 1 is 1.14 bits per heavy atom. The summed E-state index contributed by atoms with van der Waals surface area (Å²) in [6.07, 6.45) is 0.